The van der Waals surface area contributed by atoms with Crippen LogP contribution in [0.4, 0.5) is 0 Å². The number of carbonyl (C=O) groups excluding carboxylic acids is 1. The predicted octanol–water partition coefficient (Wildman–Crippen LogP) is 8.60. The molecule has 3 aliphatic rings. The van der Waals surface area contributed by atoms with E-state index >= 15 is 0 Å². The molecule has 8 bridgehead atoms. The second-order valence-corrected chi connectivity index (χ2v) is 24.4. The van der Waals surface area contributed by atoms with Crippen molar-refractivity contribution in [2.45, 2.75) is 123 Å². The predicted molar refractivity (Wildman–Crippen MR) is 305 cm³/mol. The van der Waals surface area contributed by atoms with Gasteiger partial charge in [-0.3, -0.25) is 9.78 Å². The highest BCUT2D eigenvalue weighted by atomic mass is 31.2. The fourth-order valence-electron chi connectivity index (χ4n) is 11.4. The lowest BCUT2D eigenvalue weighted by atomic mass is 9.85. The Morgan fingerprint density at radius 2 is 1.33 bits per heavy atom. The van der Waals surface area contributed by atoms with Crippen molar-refractivity contribution < 1.29 is 39.4 Å². The monoisotopic (exact) mass is 1050 g/mol. The minimum Gasteiger partial charge on any atom is -0.394 e. The molecule has 3 aromatic carbocycles. The van der Waals surface area contributed by atoms with E-state index in [4.69, 9.17) is 24.2 Å². The molecular formula is C62H75N5O8P+. The Labute approximate surface area is 447 Å². The molecule has 1 amide bonds. The largest absolute Gasteiger partial charge is 0.394 e. The molecule has 13 nitrogen and oxygen atoms in total. The number of aromatic nitrogens is 4. The van der Waals surface area contributed by atoms with Crippen LogP contribution < -0.4 is 15.9 Å². The molecule has 400 valence electrons. The van der Waals surface area contributed by atoms with Crippen molar-refractivity contribution in [2.75, 3.05) is 39.6 Å². The molecule has 6 N–H and O–H groups in total. The molecule has 0 unspecified atom stereocenters. The number of benzene rings is 3. The van der Waals surface area contributed by atoms with Crippen LogP contribution >= 0.6 is 7.26 Å². The molecule has 0 saturated carbocycles. The maximum atomic E-state index is 14.0. The van der Waals surface area contributed by atoms with Crippen molar-refractivity contribution in [3.8, 4) is 0 Å². The van der Waals surface area contributed by atoms with Crippen molar-refractivity contribution in [3.05, 3.63) is 160 Å². The number of aryl methyl sites for hydroxylation is 3. The van der Waals surface area contributed by atoms with Crippen LogP contribution in [-0.4, -0.2) is 121 Å². The van der Waals surface area contributed by atoms with Gasteiger partial charge >= 0.3 is 0 Å². The number of fused-ring (bicyclic) bond motifs is 8. The molecule has 0 radical (unpaired) electrons. The molecule has 1 saturated heterocycles. The molecule has 6 aromatic rings. The highest BCUT2D eigenvalue weighted by Crippen LogP contribution is 2.55. The molecular weight excluding hydrogens is 974 g/mol. The van der Waals surface area contributed by atoms with Gasteiger partial charge in [-0.2, -0.15) is 0 Å². The highest BCUT2D eigenvalue weighted by molar-refractivity contribution is 7.95. The van der Waals surface area contributed by atoms with E-state index in [1.165, 1.54) is 21.5 Å². The first-order chi connectivity index (χ1) is 36.7. The summed E-state index contributed by atoms with van der Waals surface area (Å²) in [7, 11) is -0.0448. The van der Waals surface area contributed by atoms with E-state index in [1.807, 2.05) is 18.9 Å². The Morgan fingerprint density at radius 3 is 1.95 bits per heavy atom. The zero-order valence-corrected chi connectivity index (χ0v) is 45.9. The third kappa shape index (κ3) is 11.3. The van der Waals surface area contributed by atoms with Crippen LogP contribution in [0.1, 0.15) is 109 Å². The number of rotatable bonds is 19. The summed E-state index contributed by atoms with van der Waals surface area (Å²) in [5.41, 5.74) is 13.0. The number of nitrogens with one attached hydrogen (secondary N) is 2. The SMILES string of the molecule is CCc1c(C)c2cc3[nH]c(cc4nc(c(C)c5nc(cc1[nH]2)C(C)=C5)[C@@H](CCC(=O)N(C)CCCOCCC[P+](c1ccccc1)(c1ccccc1)c1ccccc1)[C@@H]4C)c(C)c3CO[C@@H]1O[C@H](CO)[C@@H](O)[C@H](O)[C@H]1O. The molecule has 6 heterocycles. The van der Waals surface area contributed by atoms with Crippen molar-refractivity contribution in [1.82, 2.24) is 24.8 Å². The molecule has 3 aliphatic heterocycles. The first kappa shape index (κ1) is 54.9. The summed E-state index contributed by atoms with van der Waals surface area (Å²) in [4.78, 5) is 33.7. The summed E-state index contributed by atoms with van der Waals surface area (Å²) >= 11 is 0. The highest BCUT2D eigenvalue weighted by Gasteiger charge is 2.45. The van der Waals surface area contributed by atoms with Crippen LogP contribution in [-0.2, 0) is 32.0 Å². The Bertz CT molecular complexity index is 3080. The number of hydrogen-bond donors (Lipinski definition) is 6. The minimum atomic E-state index is -1.93. The van der Waals surface area contributed by atoms with Crippen molar-refractivity contribution in [3.63, 3.8) is 0 Å². The number of carbonyl (C=O) groups is 1. The van der Waals surface area contributed by atoms with E-state index in [9.17, 15) is 25.2 Å². The maximum Gasteiger partial charge on any atom is 0.222 e. The molecule has 7 atom stereocenters. The van der Waals surface area contributed by atoms with Crippen molar-refractivity contribution in [2.24, 2.45) is 0 Å². The van der Waals surface area contributed by atoms with E-state index < -0.39 is 44.6 Å². The number of ether oxygens (including phenoxy) is 3. The summed E-state index contributed by atoms with van der Waals surface area (Å²) in [6, 6.07) is 39.1. The number of aromatic amines is 2. The fraction of sp³-hybridized carbons (Fsp3) is 0.403. The zero-order chi connectivity index (χ0) is 53.7. The number of nitrogens with zero attached hydrogens (tertiary/aromatic N) is 3. The number of amides is 1. The maximum absolute atomic E-state index is 14.0. The summed E-state index contributed by atoms with van der Waals surface area (Å²) < 4.78 is 18.2. The third-order valence-electron chi connectivity index (χ3n) is 16.0. The van der Waals surface area contributed by atoms with Gasteiger partial charge in [0.15, 0.2) is 6.29 Å². The zero-order valence-electron chi connectivity index (χ0n) is 45.0. The van der Waals surface area contributed by atoms with E-state index in [0.717, 1.165) is 98.1 Å². The Morgan fingerprint density at radius 1 is 0.737 bits per heavy atom. The van der Waals surface area contributed by atoms with E-state index in [0.29, 0.717) is 32.6 Å². The first-order valence-corrected chi connectivity index (χ1v) is 28.9. The number of allylic oxidation sites excluding steroid dienone is 1. The minimum absolute atomic E-state index is 0.0140. The molecule has 0 spiro atoms. The second kappa shape index (κ2) is 24.2. The van der Waals surface area contributed by atoms with Gasteiger partial charge in [0.2, 0.25) is 5.91 Å². The van der Waals surface area contributed by atoms with E-state index in [1.54, 1.807) is 0 Å². The van der Waals surface area contributed by atoms with Crippen molar-refractivity contribution in [1.29, 1.82) is 0 Å². The molecule has 1 fully saturated rings. The summed E-state index contributed by atoms with van der Waals surface area (Å²) in [5, 5.41) is 45.8. The lowest BCUT2D eigenvalue weighted by molar-refractivity contribution is -0.304. The smallest absolute Gasteiger partial charge is 0.222 e. The third-order valence-corrected chi connectivity index (χ3v) is 20.6. The molecule has 14 heteroatoms. The van der Waals surface area contributed by atoms with Gasteiger partial charge in [-0.1, -0.05) is 68.4 Å². The Hall–Kier alpha value is -5.86. The van der Waals surface area contributed by atoms with Gasteiger partial charge in [0.05, 0.1) is 37.4 Å². The number of aliphatic hydroxyl groups is 4. The Kier molecular flexibility index (Phi) is 17.5. The van der Waals surface area contributed by atoms with Gasteiger partial charge in [-0.25, -0.2) is 4.98 Å². The average Bonchev–Trinajstić information content (AvgIpc) is 4.16. The normalized spacial score (nSPS) is 20.7. The lowest BCUT2D eigenvalue weighted by Crippen LogP contribution is -2.59. The number of aliphatic hydroxyl groups excluding tert-OH is 4. The standard InChI is InChI=1S/C62H75N5O8P/c1-8-46-39(3)52-35-55-48(37-74-62-61(72)60(71)59(70)56(36-68)75-62)41(5)51(65-55)34-53-40(4)47(58(66-53)42(6)50-32-38(2)49(63-50)33-54(46)64-52)26-27-57(69)67(7)28-18-29-73-30-19-31-76(43-20-12-9-13-21-43,44-22-14-10-15-23-44)45-24-16-11-17-25-45/h9-17,20-25,32-35,40,47,56,59-62,64-65,68,70-72H,8,18-19,26-31,36-37H2,1-7H3/q+1/t40-,47-,56+,59+,60-,61+,62+/m0/s1. The topological polar surface area (TPSA) is 186 Å². The van der Waals surface area contributed by atoms with Crippen LogP contribution in [0.5, 0.6) is 0 Å². The van der Waals surface area contributed by atoms with Crippen LogP contribution in [0, 0.1) is 20.8 Å². The summed E-state index contributed by atoms with van der Waals surface area (Å²) in [6.07, 6.45) is -0.456. The van der Waals surface area contributed by atoms with Crippen LogP contribution in [0.3, 0.4) is 0 Å². The van der Waals surface area contributed by atoms with Crippen molar-refractivity contribution >= 4 is 62.8 Å². The quantitative estimate of drug-likeness (QED) is 0.0339. The summed E-state index contributed by atoms with van der Waals surface area (Å²) in [5.74, 6) is -0.0104. The van der Waals surface area contributed by atoms with Gasteiger partial charge in [0.25, 0.3) is 0 Å². The summed E-state index contributed by atoms with van der Waals surface area (Å²) in [6.45, 7) is 13.8. The fourth-order valence-corrected chi connectivity index (χ4v) is 15.7. The van der Waals surface area contributed by atoms with E-state index in [-0.39, 0.29) is 24.3 Å². The number of H-pyrrole nitrogens is 2. The molecule has 9 rings (SSSR count). The van der Waals surface area contributed by atoms with Gasteiger partial charge in [-0.05, 0) is 135 Å². The Balaban J connectivity index is 0.921. The van der Waals surface area contributed by atoms with Crippen LogP contribution in [0.15, 0.2) is 109 Å². The molecule has 0 aliphatic carbocycles. The van der Waals surface area contributed by atoms with Gasteiger partial charge in [0.1, 0.15) is 47.6 Å². The van der Waals surface area contributed by atoms with Gasteiger partial charge in [-0.15, -0.1) is 0 Å². The number of hydrogen-bond acceptors (Lipinski definition) is 10. The van der Waals surface area contributed by atoms with Gasteiger partial charge in [0, 0.05) is 83.9 Å². The van der Waals surface area contributed by atoms with Crippen LogP contribution in [0.25, 0.3) is 33.7 Å². The molecule has 3 aromatic heterocycles. The van der Waals surface area contributed by atoms with Crippen LogP contribution in [0.2, 0.25) is 0 Å². The molecule has 76 heavy (non-hydrogen) atoms. The first-order valence-electron chi connectivity index (χ1n) is 26.9. The average molecular weight is 1050 g/mol. The van der Waals surface area contributed by atoms with E-state index in [2.05, 4.69) is 160 Å². The second-order valence-electron chi connectivity index (χ2n) is 20.8. The lowest BCUT2D eigenvalue weighted by Gasteiger charge is -2.39. The van der Waals surface area contributed by atoms with Gasteiger partial charge < -0.3 is 49.5 Å².